The van der Waals surface area contributed by atoms with E-state index in [2.05, 4.69) is 4.90 Å². The second-order valence-corrected chi connectivity index (χ2v) is 4.69. The lowest BCUT2D eigenvalue weighted by Crippen LogP contribution is -2.21. The van der Waals surface area contributed by atoms with E-state index in [1.807, 2.05) is 0 Å². The second kappa shape index (κ2) is 5.27. The monoisotopic (exact) mass is 250 g/mol. The molecule has 4 N–H and O–H groups in total. The molecule has 0 aromatic heterocycles. The first-order chi connectivity index (χ1) is 8.61. The molecule has 98 valence electrons. The van der Waals surface area contributed by atoms with E-state index in [4.69, 9.17) is 15.9 Å². The predicted molar refractivity (Wildman–Crippen MR) is 69.8 cm³/mol. The number of carboxylic acid groups (broad SMARTS) is 1. The number of aliphatic hydroxyl groups excluding tert-OH is 1. The van der Waals surface area contributed by atoms with Crippen LogP contribution in [0.1, 0.15) is 23.2 Å². The molecule has 1 fully saturated rings. The van der Waals surface area contributed by atoms with Crippen LogP contribution in [0.25, 0.3) is 0 Å². The topological polar surface area (TPSA) is 86.8 Å². The number of benzene rings is 1. The van der Waals surface area contributed by atoms with Crippen molar-refractivity contribution < 1.29 is 15.0 Å². The Labute approximate surface area is 106 Å². The molecule has 1 atom stereocenters. The van der Waals surface area contributed by atoms with Gasteiger partial charge in [-0.15, -0.1) is 0 Å². The summed E-state index contributed by atoms with van der Waals surface area (Å²) in [4.78, 5) is 13.1. The Kier molecular flexibility index (Phi) is 3.72. The van der Waals surface area contributed by atoms with Crippen molar-refractivity contribution >= 4 is 17.3 Å². The maximum atomic E-state index is 11.0. The lowest BCUT2D eigenvalue weighted by Gasteiger charge is -2.21. The fraction of sp³-hybridized carbons (Fsp3) is 0.462. The van der Waals surface area contributed by atoms with Gasteiger partial charge in [-0.2, -0.15) is 0 Å². The van der Waals surface area contributed by atoms with Crippen LogP contribution >= 0.6 is 0 Å². The van der Waals surface area contributed by atoms with E-state index in [0.717, 1.165) is 31.6 Å². The van der Waals surface area contributed by atoms with Crippen LogP contribution in [-0.4, -0.2) is 35.9 Å². The Morgan fingerprint density at radius 2 is 2.28 bits per heavy atom. The highest BCUT2D eigenvalue weighted by molar-refractivity contribution is 5.90. The number of hydrogen-bond donors (Lipinski definition) is 3. The van der Waals surface area contributed by atoms with Crippen LogP contribution in [0.3, 0.4) is 0 Å². The first-order valence-electron chi connectivity index (χ1n) is 6.10. The van der Waals surface area contributed by atoms with Crippen molar-refractivity contribution in [3.05, 3.63) is 23.8 Å². The molecule has 18 heavy (non-hydrogen) atoms. The molecular formula is C13H18N2O3. The fourth-order valence-corrected chi connectivity index (χ4v) is 2.42. The second-order valence-electron chi connectivity index (χ2n) is 4.69. The zero-order chi connectivity index (χ0) is 13.1. The van der Waals surface area contributed by atoms with Crippen LogP contribution in [-0.2, 0) is 0 Å². The number of nitrogens with two attached hydrogens (primary N) is 1. The van der Waals surface area contributed by atoms with Crippen LogP contribution in [0.4, 0.5) is 11.4 Å². The number of carbonyl (C=O) groups is 1. The van der Waals surface area contributed by atoms with E-state index in [-0.39, 0.29) is 12.2 Å². The third-order valence-corrected chi connectivity index (χ3v) is 3.44. The first-order valence-corrected chi connectivity index (χ1v) is 6.10. The molecule has 1 aliphatic rings. The Bertz CT molecular complexity index is 448. The molecule has 1 unspecified atom stereocenters. The summed E-state index contributed by atoms with van der Waals surface area (Å²) in [5.74, 6) is -0.481. The van der Waals surface area contributed by atoms with Crippen molar-refractivity contribution in [2.24, 2.45) is 5.92 Å². The van der Waals surface area contributed by atoms with Crippen LogP contribution < -0.4 is 10.6 Å². The van der Waals surface area contributed by atoms with Crippen LogP contribution in [0.15, 0.2) is 18.2 Å². The largest absolute Gasteiger partial charge is 0.478 e. The SMILES string of the molecule is Nc1ccc(C(=O)O)cc1N1CCC(CCO)C1. The van der Waals surface area contributed by atoms with Crippen molar-refractivity contribution in [2.75, 3.05) is 30.3 Å². The van der Waals surface area contributed by atoms with Crippen molar-refractivity contribution in [1.82, 2.24) is 0 Å². The number of rotatable bonds is 4. The highest BCUT2D eigenvalue weighted by atomic mass is 16.4. The van der Waals surface area contributed by atoms with Gasteiger partial charge < -0.3 is 20.8 Å². The van der Waals surface area contributed by atoms with Gasteiger partial charge in [0.05, 0.1) is 16.9 Å². The summed E-state index contributed by atoms with van der Waals surface area (Å²) in [6, 6.07) is 4.78. The van der Waals surface area contributed by atoms with E-state index < -0.39 is 5.97 Å². The third-order valence-electron chi connectivity index (χ3n) is 3.44. The van der Waals surface area contributed by atoms with Crippen LogP contribution in [0.5, 0.6) is 0 Å². The first kappa shape index (κ1) is 12.7. The van der Waals surface area contributed by atoms with Gasteiger partial charge >= 0.3 is 5.97 Å². The molecule has 1 aliphatic heterocycles. The average molecular weight is 250 g/mol. The minimum absolute atomic E-state index is 0.198. The Balaban J connectivity index is 2.18. The number of aromatic carboxylic acids is 1. The number of hydrogen-bond acceptors (Lipinski definition) is 4. The summed E-state index contributed by atoms with van der Waals surface area (Å²) in [5, 5.41) is 17.9. The van der Waals surface area contributed by atoms with Crippen molar-refractivity contribution in [3.8, 4) is 0 Å². The predicted octanol–water partition coefficient (Wildman–Crippen LogP) is 1.18. The van der Waals surface area contributed by atoms with Gasteiger partial charge in [-0.3, -0.25) is 0 Å². The molecule has 1 aromatic rings. The molecule has 0 spiro atoms. The van der Waals surface area contributed by atoms with E-state index in [1.54, 1.807) is 12.1 Å². The lowest BCUT2D eigenvalue weighted by molar-refractivity contribution is 0.0697. The summed E-state index contributed by atoms with van der Waals surface area (Å²) in [5.41, 5.74) is 7.55. The van der Waals surface area contributed by atoms with Gasteiger partial charge in [0.25, 0.3) is 0 Å². The summed E-state index contributed by atoms with van der Waals surface area (Å²) >= 11 is 0. The van der Waals surface area contributed by atoms with E-state index in [0.29, 0.717) is 11.6 Å². The van der Waals surface area contributed by atoms with E-state index >= 15 is 0 Å². The Morgan fingerprint density at radius 1 is 1.50 bits per heavy atom. The summed E-state index contributed by atoms with van der Waals surface area (Å²) in [7, 11) is 0. The summed E-state index contributed by atoms with van der Waals surface area (Å²) in [6.07, 6.45) is 1.80. The van der Waals surface area contributed by atoms with Gasteiger partial charge in [0.15, 0.2) is 0 Å². The Morgan fingerprint density at radius 3 is 2.94 bits per heavy atom. The van der Waals surface area contributed by atoms with Gasteiger partial charge in [0, 0.05) is 19.7 Å². The van der Waals surface area contributed by atoms with Crippen molar-refractivity contribution in [3.63, 3.8) is 0 Å². The maximum absolute atomic E-state index is 11.0. The number of nitrogen functional groups attached to an aromatic ring is 1. The lowest BCUT2D eigenvalue weighted by atomic mass is 10.1. The Hall–Kier alpha value is -1.75. The molecule has 2 rings (SSSR count). The van der Waals surface area contributed by atoms with Crippen molar-refractivity contribution in [1.29, 1.82) is 0 Å². The van der Waals surface area contributed by atoms with E-state index in [1.165, 1.54) is 6.07 Å². The number of aliphatic hydroxyl groups is 1. The molecule has 5 heteroatoms. The number of carboxylic acids is 1. The molecule has 1 saturated heterocycles. The van der Waals surface area contributed by atoms with Crippen molar-refractivity contribution in [2.45, 2.75) is 12.8 Å². The molecule has 1 heterocycles. The van der Waals surface area contributed by atoms with Gasteiger partial charge in [-0.05, 0) is 37.0 Å². The summed E-state index contributed by atoms with van der Waals surface area (Å²) < 4.78 is 0. The third kappa shape index (κ3) is 2.56. The quantitative estimate of drug-likeness (QED) is 0.698. The molecule has 0 amide bonds. The summed E-state index contributed by atoms with van der Waals surface area (Å²) in [6.45, 7) is 1.88. The van der Waals surface area contributed by atoms with Gasteiger partial charge in [-0.25, -0.2) is 4.79 Å². The fourth-order valence-electron chi connectivity index (χ4n) is 2.42. The van der Waals surface area contributed by atoms with Gasteiger partial charge in [-0.1, -0.05) is 0 Å². The standard InChI is InChI=1S/C13H18N2O3/c14-11-2-1-10(13(17)18)7-12(11)15-5-3-9(8-15)4-6-16/h1-2,7,9,16H,3-6,8,14H2,(H,17,18). The average Bonchev–Trinajstić information content (AvgIpc) is 2.78. The zero-order valence-electron chi connectivity index (χ0n) is 10.2. The van der Waals surface area contributed by atoms with Gasteiger partial charge in [0.2, 0.25) is 0 Å². The normalized spacial score (nSPS) is 19.2. The molecule has 5 nitrogen and oxygen atoms in total. The molecule has 0 aliphatic carbocycles. The molecule has 0 saturated carbocycles. The number of nitrogens with zero attached hydrogens (tertiary/aromatic N) is 1. The van der Waals surface area contributed by atoms with Crippen LogP contribution in [0, 0.1) is 5.92 Å². The highest BCUT2D eigenvalue weighted by Crippen LogP contribution is 2.30. The molecular weight excluding hydrogens is 232 g/mol. The molecule has 0 radical (unpaired) electrons. The smallest absolute Gasteiger partial charge is 0.335 e. The zero-order valence-corrected chi connectivity index (χ0v) is 10.2. The minimum Gasteiger partial charge on any atom is -0.478 e. The van der Waals surface area contributed by atoms with Gasteiger partial charge in [0.1, 0.15) is 0 Å². The number of anilines is 2. The molecule has 0 bridgehead atoms. The highest BCUT2D eigenvalue weighted by Gasteiger charge is 2.24. The maximum Gasteiger partial charge on any atom is 0.335 e. The van der Waals surface area contributed by atoms with Crippen LogP contribution in [0.2, 0.25) is 0 Å². The van der Waals surface area contributed by atoms with E-state index in [9.17, 15) is 4.79 Å². The minimum atomic E-state index is -0.942. The molecule has 1 aromatic carbocycles.